The van der Waals surface area contributed by atoms with Crippen LogP contribution in [0, 0.1) is 0 Å². The molecule has 0 aromatic heterocycles. The first-order chi connectivity index (χ1) is 9.99. The van der Waals surface area contributed by atoms with Crippen LogP contribution in [0.25, 0.3) is 0 Å². The highest BCUT2D eigenvalue weighted by atomic mass is 35.5. The lowest BCUT2D eigenvalue weighted by molar-refractivity contribution is -0.134. The number of likely N-dealkylation sites (N-methyl/N-ethyl adjacent to an activating group) is 1. The minimum atomic E-state index is -0.410. The van der Waals surface area contributed by atoms with Gasteiger partial charge in [0.05, 0.1) is 6.04 Å². The molecular formula is C17H28ClN3O. The lowest BCUT2D eigenvalue weighted by Crippen LogP contribution is -2.52. The van der Waals surface area contributed by atoms with E-state index in [1.807, 2.05) is 18.0 Å². The number of amides is 1. The predicted molar refractivity (Wildman–Crippen MR) is 93.0 cm³/mol. The van der Waals surface area contributed by atoms with Crippen LogP contribution in [0.1, 0.15) is 32.3 Å². The monoisotopic (exact) mass is 325 g/mol. The molecule has 1 aromatic carbocycles. The molecule has 22 heavy (non-hydrogen) atoms. The van der Waals surface area contributed by atoms with Gasteiger partial charge in [-0.25, -0.2) is 0 Å². The highest BCUT2D eigenvalue weighted by Gasteiger charge is 2.30. The molecule has 2 N–H and O–H groups in total. The first-order valence-electron chi connectivity index (χ1n) is 7.79. The number of nitrogens with zero attached hydrogens (tertiary/aromatic N) is 2. The third kappa shape index (κ3) is 4.70. The van der Waals surface area contributed by atoms with Crippen LogP contribution in [0.3, 0.4) is 0 Å². The Labute approximate surface area is 140 Å². The molecule has 0 spiro atoms. The Balaban J connectivity index is 0.00000242. The fraction of sp³-hybridized carbons (Fsp3) is 0.588. The summed E-state index contributed by atoms with van der Waals surface area (Å²) in [6.07, 6.45) is 2.04. The number of rotatable bonds is 4. The first-order valence-corrected chi connectivity index (χ1v) is 7.79. The molecule has 0 radical (unpaired) electrons. The molecule has 3 atom stereocenters. The Morgan fingerprint density at radius 3 is 2.59 bits per heavy atom. The summed E-state index contributed by atoms with van der Waals surface area (Å²) in [7, 11) is 1.88. The van der Waals surface area contributed by atoms with Crippen molar-refractivity contribution in [3.8, 4) is 0 Å². The Kier molecular flexibility index (Phi) is 7.33. The van der Waals surface area contributed by atoms with Crippen LogP contribution in [0.4, 0.5) is 0 Å². The fourth-order valence-electron chi connectivity index (χ4n) is 3.10. The molecule has 1 amide bonds. The molecule has 1 aliphatic rings. The summed E-state index contributed by atoms with van der Waals surface area (Å²) < 4.78 is 0. The molecule has 1 aliphatic heterocycles. The number of hydrogen-bond donors (Lipinski definition) is 1. The maximum Gasteiger partial charge on any atom is 0.239 e. The summed E-state index contributed by atoms with van der Waals surface area (Å²) in [5.41, 5.74) is 7.06. The van der Waals surface area contributed by atoms with E-state index in [0.717, 1.165) is 25.9 Å². The molecule has 0 aliphatic carbocycles. The highest BCUT2D eigenvalue weighted by Crippen LogP contribution is 2.23. The standard InChI is InChI=1S/C17H27N3O.ClH/c1-13-11-16(19(3)17(21)14(2)18)9-10-20(13)12-15-7-5-4-6-8-15;/h4-8,13-14,16H,9-12,18H2,1-3H3;1H. The van der Waals surface area contributed by atoms with Gasteiger partial charge in [-0.05, 0) is 32.3 Å². The Hall–Kier alpha value is -1.10. The normalized spacial score (nSPS) is 23.5. The average Bonchev–Trinajstić information content (AvgIpc) is 2.48. The Bertz CT molecular complexity index is 466. The molecular weight excluding hydrogens is 298 g/mol. The van der Waals surface area contributed by atoms with Gasteiger partial charge in [-0.15, -0.1) is 12.4 Å². The number of halogens is 1. The van der Waals surface area contributed by atoms with Crippen molar-refractivity contribution in [1.29, 1.82) is 0 Å². The van der Waals surface area contributed by atoms with Gasteiger partial charge < -0.3 is 10.6 Å². The second-order valence-electron chi connectivity index (χ2n) is 6.22. The molecule has 1 aromatic rings. The molecule has 0 bridgehead atoms. The van der Waals surface area contributed by atoms with Gasteiger partial charge in [-0.3, -0.25) is 9.69 Å². The van der Waals surface area contributed by atoms with Crippen LogP contribution < -0.4 is 5.73 Å². The molecule has 5 heteroatoms. The van der Waals surface area contributed by atoms with Gasteiger partial charge in [0.2, 0.25) is 5.91 Å². The number of carbonyl (C=O) groups is 1. The zero-order valence-electron chi connectivity index (χ0n) is 13.7. The summed E-state index contributed by atoms with van der Waals surface area (Å²) in [5, 5.41) is 0. The zero-order chi connectivity index (χ0) is 15.4. The fourth-order valence-corrected chi connectivity index (χ4v) is 3.10. The molecule has 2 rings (SSSR count). The summed E-state index contributed by atoms with van der Waals surface area (Å²) >= 11 is 0. The Morgan fingerprint density at radius 2 is 2.05 bits per heavy atom. The van der Waals surface area contributed by atoms with Gasteiger partial charge in [-0.2, -0.15) is 0 Å². The van der Waals surface area contributed by atoms with Crippen LogP contribution in [0.5, 0.6) is 0 Å². The van der Waals surface area contributed by atoms with E-state index in [2.05, 4.69) is 36.1 Å². The molecule has 1 saturated heterocycles. The summed E-state index contributed by atoms with van der Waals surface area (Å²) in [4.78, 5) is 16.4. The van der Waals surface area contributed by atoms with Crippen LogP contribution in [0.2, 0.25) is 0 Å². The van der Waals surface area contributed by atoms with Crippen molar-refractivity contribution in [2.45, 2.75) is 51.4 Å². The maximum atomic E-state index is 12.0. The Morgan fingerprint density at radius 1 is 1.41 bits per heavy atom. The van der Waals surface area contributed by atoms with Gasteiger partial charge in [-0.1, -0.05) is 30.3 Å². The van der Waals surface area contributed by atoms with E-state index >= 15 is 0 Å². The summed E-state index contributed by atoms with van der Waals surface area (Å²) in [6.45, 7) is 6.02. The number of piperidine rings is 1. The van der Waals surface area contributed by atoms with Crippen LogP contribution in [-0.4, -0.2) is 47.4 Å². The molecule has 4 nitrogen and oxygen atoms in total. The third-order valence-corrected chi connectivity index (χ3v) is 4.50. The van der Waals surface area contributed by atoms with E-state index in [9.17, 15) is 4.79 Å². The summed E-state index contributed by atoms with van der Waals surface area (Å²) in [6, 6.07) is 10.9. The van der Waals surface area contributed by atoms with E-state index in [1.165, 1.54) is 5.56 Å². The van der Waals surface area contributed by atoms with Gasteiger partial charge >= 0.3 is 0 Å². The average molecular weight is 326 g/mol. The van der Waals surface area contributed by atoms with E-state index in [4.69, 9.17) is 5.73 Å². The minimum absolute atomic E-state index is 0. The molecule has 1 fully saturated rings. The van der Waals surface area contributed by atoms with Crippen molar-refractivity contribution in [1.82, 2.24) is 9.80 Å². The predicted octanol–water partition coefficient (Wildman–Crippen LogP) is 2.27. The number of hydrogen-bond acceptors (Lipinski definition) is 3. The number of benzene rings is 1. The van der Waals surface area contributed by atoms with Gasteiger partial charge in [0.25, 0.3) is 0 Å². The minimum Gasteiger partial charge on any atom is -0.341 e. The summed E-state index contributed by atoms with van der Waals surface area (Å²) in [5.74, 6) is 0.0451. The van der Waals surface area contributed by atoms with Crippen LogP contribution >= 0.6 is 12.4 Å². The highest BCUT2D eigenvalue weighted by molar-refractivity contribution is 5.85. The van der Waals surface area contributed by atoms with Gasteiger partial charge in [0.15, 0.2) is 0 Å². The maximum absolute atomic E-state index is 12.0. The SMILES string of the molecule is CC(N)C(=O)N(C)C1CCN(Cc2ccccc2)C(C)C1.Cl. The quantitative estimate of drug-likeness (QED) is 0.924. The van der Waals surface area contributed by atoms with E-state index < -0.39 is 6.04 Å². The van der Waals surface area contributed by atoms with E-state index in [-0.39, 0.29) is 18.3 Å². The first kappa shape index (κ1) is 18.9. The van der Waals surface area contributed by atoms with Crippen molar-refractivity contribution < 1.29 is 4.79 Å². The number of likely N-dealkylation sites (tertiary alicyclic amines) is 1. The van der Waals surface area contributed by atoms with Crippen molar-refractivity contribution in [2.75, 3.05) is 13.6 Å². The van der Waals surface area contributed by atoms with E-state index in [0.29, 0.717) is 12.1 Å². The second kappa shape index (κ2) is 8.51. The van der Waals surface area contributed by atoms with Crippen molar-refractivity contribution >= 4 is 18.3 Å². The van der Waals surface area contributed by atoms with Crippen LogP contribution in [0.15, 0.2) is 30.3 Å². The third-order valence-electron chi connectivity index (χ3n) is 4.50. The van der Waals surface area contributed by atoms with Crippen molar-refractivity contribution in [3.63, 3.8) is 0 Å². The van der Waals surface area contributed by atoms with Gasteiger partial charge in [0.1, 0.15) is 0 Å². The topological polar surface area (TPSA) is 49.6 Å². The largest absolute Gasteiger partial charge is 0.341 e. The van der Waals surface area contributed by atoms with Gasteiger partial charge in [0, 0.05) is 32.2 Å². The second-order valence-corrected chi connectivity index (χ2v) is 6.22. The molecule has 1 heterocycles. The smallest absolute Gasteiger partial charge is 0.239 e. The number of carbonyl (C=O) groups excluding carboxylic acids is 1. The lowest BCUT2D eigenvalue weighted by atomic mass is 9.96. The van der Waals surface area contributed by atoms with Crippen molar-refractivity contribution in [3.05, 3.63) is 35.9 Å². The van der Waals surface area contributed by atoms with Crippen molar-refractivity contribution in [2.24, 2.45) is 5.73 Å². The number of nitrogens with two attached hydrogens (primary N) is 1. The lowest BCUT2D eigenvalue weighted by Gasteiger charge is -2.41. The molecule has 124 valence electrons. The zero-order valence-corrected chi connectivity index (χ0v) is 14.6. The molecule has 3 unspecified atom stereocenters. The van der Waals surface area contributed by atoms with Crippen LogP contribution in [-0.2, 0) is 11.3 Å². The van der Waals surface area contributed by atoms with E-state index in [1.54, 1.807) is 6.92 Å². The molecule has 0 saturated carbocycles.